The lowest BCUT2D eigenvalue weighted by Gasteiger charge is -2.57. The Bertz CT molecular complexity index is 699. The minimum absolute atomic E-state index is 0.0700. The van der Waals surface area contributed by atoms with Crippen molar-refractivity contribution in [3.63, 3.8) is 0 Å². The monoisotopic (exact) mass is 339 g/mol. The molecule has 0 unspecified atom stereocenters. The van der Waals surface area contributed by atoms with Crippen LogP contribution in [-0.2, 0) is 9.53 Å². The van der Waals surface area contributed by atoms with Crippen molar-refractivity contribution < 1.29 is 9.53 Å². The Morgan fingerprint density at radius 3 is 2.64 bits per heavy atom. The molecule has 6 atom stereocenters. The number of carbonyl (C=O) groups excluding carboxylic acids is 1. The van der Waals surface area contributed by atoms with Crippen LogP contribution in [0.4, 0.5) is 0 Å². The number of hydrogen-bond donors (Lipinski definition) is 0. The Hall–Kier alpha value is -1.56. The molecule has 3 heteroatoms. The van der Waals surface area contributed by atoms with Gasteiger partial charge in [0.2, 0.25) is 0 Å². The molecule has 0 aromatic rings. The summed E-state index contributed by atoms with van der Waals surface area (Å²) in [5.41, 5.74) is 2.93. The van der Waals surface area contributed by atoms with Gasteiger partial charge in [-0.25, -0.2) is 0 Å². The summed E-state index contributed by atoms with van der Waals surface area (Å²) in [4.78, 5) is 11.3. The van der Waals surface area contributed by atoms with Gasteiger partial charge in [-0.2, -0.15) is 5.26 Å². The number of fused-ring (bicyclic) bond motifs is 5. The van der Waals surface area contributed by atoms with Crippen LogP contribution < -0.4 is 0 Å². The van der Waals surface area contributed by atoms with Crippen LogP contribution in [0.15, 0.2) is 23.3 Å². The molecule has 4 aliphatic rings. The summed E-state index contributed by atoms with van der Waals surface area (Å²) in [7, 11) is 0. The second-order valence-corrected chi connectivity index (χ2v) is 9.16. The molecular weight excluding hydrogens is 310 g/mol. The highest BCUT2D eigenvalue weighted by Crippen LogP contribution is 2.64. The topological polar surface area (TPSA) is 50.1 Å². The van der Waals surface area contributed by atoms with Crippen LogP contribution in [0.2, 0.25) is 0 Å². The minimum Gasteiger partial charge on any atom is -0.462 e. The Morgan fingerprint density at radius 1 is 1.16 bits per heavy atom. The van der Waals surface area contributed by atoms with Crippen LogP contribution in [0.1, 0.15) is 65.7 Å². The van der Waals surface area contributed by atoms with Gasteiger partial charge in [-0.3, -0.25) is 4.79 Å². The van der Waals surface area contributed by atoms with Gasteiger partial charge in [0, 0.05) is 24.3 Å². The van der Waals surface area contributed by atoms with Crippen LogP contribution >= 0.6 is 0 Å². The third-order valence-electron chi connectivity index (χ3n) is 8.09. The number of nitriles is 1. The van der Waals surface area contributed by atoms with Crippen LogP contribution in [0.25, 0.3) is 0 Å². The van der Waals surface area contributed by atoms with Crippen molar-refractivity contribution in [2.75, 3.05) is 0 Å². The molecule has 134 valence electrons. The van der Waals surface area contributed by atoms with Crippen molar-refractivity contribution in [1.29, 1.82) is 5.26 Å². The summed E-state index contributed by atoms with van der Waals surface area (Å²) in [6.07, 6.45) is 12.4. The summed E-state index contributed by atoms with van der Waals surface area (Å²) in [5, 5.41) is 9.53. The van der Waals surface area contributed by atoms with E-state index in [1.165, 1.54) is 18.9 Å². The Morgan fingerprint density at radius 2 is 1.92 bits per heavy atom. The van der Waals surface area contributed by atoms with Gasteiger partial charge in [0.1, 0.15) is 6.10 Å². The zero-order valence-corrected chi connectivity index (χ0v) is 15.7. The van der Waals surface area contributed by atoms with Gasteiger partial charge in [0.05, 0.1) is 6.07 Å². The molecule has 4 aliphatic carbocycles. The number of hydrogen-bond acceptors (Lipinski definition) is 3. The largest absolute Gasteiger partial charge is 0.462 e. The molecule has 0 aromatic heterocycles. The number of rotatable bonds is 1. The third kappa shape index (κ3) is 2.40. The highest BCUT2D eigenvalue weighted by Gasteiger charge is 2.56. The molecule has 0 amide bonds. The van der Waals surface area contributed by atoms with Gasteiger partial charge in [0.15, 0.2) is 0 Å². The normalized spacial score (nSPS) is 45.2. The summed E-state index contributed by atoms with van der Waals surface area (Å²) in [6.45, 7) is 6.30. The van der Waals surface area contributed by atoms with E-state index in [1.54, 1.807) is 0 Å². The van der Waals surface area contributed by atoms with Crippen LogP contribution in [0.3, 0.4) is 0 Å². The van der Waals surface area contributed by atoms with Crippen LogP contribution in [0, 0.1) is 39.9 Å². The van der Waals surface area contributed by atoms with Crippen LogP contribution in [0.5, 0.6) is 0 Å². The highest BCUT2D eigenvalue weighted by molar-refractivity contribution is 5.66. The van der Waals surface area contributed by atoms with E-state index in [0.29, 0.717) is 11.8 Å². The summed E-state index contributed by atoms with van der Waals surface area (Å²) in [5.74, 6) is 1.88. The van der Waals surface area contributed by atoms with Crippen molar-refractivity contribution in [1.82, 2.24) is 0 Å². The molecule has 0 aromatic carbocycles. The lowest BCUT2D eigenvalue weighted by Crippen LogP contribution is -2.50. The van der Waals surface area contributed by atoms with Crippen molar-refractivity contribution in [3.05, 3.63) is 23.3 Å². The smallest absolute Gasteiger partial charge is 0.302 e. The van der Waals surface area contributed by atoms with E-state index in [9.17, 15) is 10.1 Å². The van der Waals surface area contributed by atoms with Gasteiger partial charge in [-0.1, -0.05) is 31.6 Å². The first-order valence-electron chi connectivity index (χ1n) is 9.86. The van der Waals surface area contributed by atoms with Gasteiger partial charge in [-0.15, -0.1) is 0 Å². The molecule has 2 saturated carbocycles. The maximum Gasteiger partial charge on any atom is 0.302 e. The molecule has 0 aliphatic heterocycles. The van der Waals surface area contributed by atoms with Crippen molar-refractivity contribution in [2.45, 2.75) is 71.8 Å². The summed E-state index contributed by atoms with van der Waals surface area (Å²) >= 11 is 0. The first-order chi connectivity index (χ1) is 11.9. The van der Waals surface area contributed by atoms with E-state index in [0.717, 1.165) is 50.0 Å². The molecular formula is C22H29NO2. The zero-order valence-electron chi connectivity index (χ0n) is 15.7. The lowest BCUT2D eigenvalue weighted by molar-refractivity contribution is -0.148. The van der Waals surface area contributed by atoms with Crippen molar-refractivity contribution in [2.24, 2.45) is 28.6 Å². The van der Waals surface area contributed by atoms with Gasteiger partial charge < -0.3 is 4.74 Å². The second kappa shape index (κ2) is 5.73. The number of ether oxygens (including phenoxy) is 1. The average Bonchev–Trinajstić information content (AvgIpc) is 2.91. The zero-order chi connectivity index (χ0) is 17.8. The second-order valence-electron chi connectivity index (χ2n) is 9.16. The predicted molar refractivity (Wildman–Crippen MR) is 96.3 cm³/mol. The van der Waals surface area contributed by atoms with E-state index in [-0.39, 0.29) is 22.9 Å². The Kier molecular flexibility index (Phi) is 3.87. The average molecular weight is 339 g/mol. The molecule has 0 heterocycles. The Labute approximate surface area is 151 Å². The fourth-order valence-electron chi connectivity index (χ4n) is 6.70. The van der Waals surface area contributed by atoms with Gasteiger partial charge in [-0.05, 0) is 61.7 Å². The molecule has 0 N–H and O–H groups in total. The standard InChI is InChI=1S/C22H29NO2/c1-14(24)25-17-8-10-21(2)15(12-17)4-6-18-19-7-5-16(13-23)22(19,3)11-9-20(18)21/h4-5,17-20H,6-12H2,1-3H3/t17-,18+,19+,20+,21+,22-/m1/s1. The first kappa shape index (κ1) is 16.9. The summed E-state index contributed by atoms with van der Waals surface area (Å²) in [6, 6.07) is 2.49. The number of carbonyl (C=O) groups is 1. The van der Waals surface area contributed by atoms with E-state index in [1.807, 2.05) is 0 Å². The Balaban J connectivity index is 1.59. The van der Waals surface area contributed by atoms with E-state index >= 15 is 0 Å². The minimum atomic E-state index is -0.155. The molecule has 0 spiro atoms. The van der Waals surface area contributed by atoms with Crippen LogP contribution in [-0.4, -0.2) is 12.1 Å². The SMILES string of the molecule is CC(=O)O[C@@H]1CC[C@@]2(C)C(=CC[C@@H]3[C@@H]2CC[C@]2(C)C(C#N)=CC[C@@H]32)C1. The summed E-state index contributed by atoms with van der Waals surface area (Å²) < 4.78 is 5.51. The first-order valence-corrected chi connectivity index (χ1v) is 9.86. The highest BCUT2D eigenvalue weighted by atomic mass is 16.5. The fourth-order valence-corrected chi connectivity index (χ4v) is 6.70. The van der Waals surface area contributed by atoms with E-state index in [2.05, 4.69) is 32.1 Å². The van der Waals surface area contributed by atoms with Gasteiger partial charge >= 0.3 is 5.97 Å². The molecule has 2 fully saturated rings. The maximum absolute atomic E-state index is 11.3. The van der Waals surface area contributed by atoms with E-state index in [4.69, 9.17) is 4.74 Å². The molecule has 3 nitrogen and oxygen atoms in total. The third-order valence-corrected chi connectivity index (χ3v) is 8.09. The predicted octanol–water partition coefficient (Wildman–Crippen LogP) is 4.94. The molecule has 25 heavy (non-hydrogen) atoms. The fraction of sp³-hybridized carbons (Fsp3) is 0.727. The maximum atomic E-state index is 11.3. The molecule has 4 rings (SSSR count). The molecule has 0 bridgehead atoms. The van der Waals surface area contributed by atoms with Crippen molar-refractivity contribution >= 4 is 5.97 Å². The number of esters is 1. The number of allylic oxidation sites excluding steroid dienone is 3. The molecule has 0 saturated heterocycles. The quantitative estimate of drug-likeness (QED) is 0.502. The lowest BCUT2D eigenvalue weighted by atomic mass is 9.47. The van der Waals surface area contributed by atoms with Gasteiger partial charge in [0.25, 0.3) is 0 Å². The van der Waals surface area contributed by atoms with E-state index < -0.39 is 0 Å². The van der Waals surface area contributed by atoms with Crippen molar-refractivity contribution in [3.8, 4) is 6.07 Å². The molecule has 0 radical (unpaired) electrons. The number of nitrogens with zero attached hydrogens (tertiary/aromatic N) is 1.